The highest BCUT2D eigenvalue weighted by atomic mass is 32.1. The number of esters is 1. The normalized spacial score (nSPS) is 11.5. The Morgan fingerprint density at radius 1 is 1.03 bits per heavy atom. The van der Waals surface area contributed by atoms with Crippen LogP contribution in [0, 0.1) is 13.8 Å². The first-order valence-corrected chi connectivity index (χ1v) is 12.9. The number of aryl methyl sites for hydroxylation is 1. The molecule has 0 aliphatic carbocycles. The molecule has 10 nitrogen and oxygen atoms in total. The lowest BCUT2D eigenvalue weighted by Gasteiger charge is -2.13. The fraction of sp³-hybridized carbons (Fsp3) is 0.286. The molecule has 3 aromatic rings. The molecule has 0 aliphatic rings. The Morgan fingerprint density at radius 2 is 1.72 bits per heavy atom. The third kappa shape index (κ3) is 7.35. The number of anilines is 1. The van der Waals surface area contributed by atoms with Crippen LogP contribution < -0.4 is 25.0 Å². The Labute approximate surface area is 230 Å². The van der Waals surface area contributed by atoms with Crippen molar-refractivity contribution in [2.75, 3.05) is 26.1 Å². The van der Waals surface area contributed by atoms with Crippen LogP contribution in [-0.4, -0.2) is 50.9 Å². The second kappa shape index (κ2) is 13.4. The first-order chi connectivity index (χ1) is 18.7. The zero-order chi connectivity index (χ0) is 28.5. The standard InChI is InChI=1S/C28H31N3O7S/c1-7-37-28(34)24-16(2)18(4)39-27(24)30-26(33)19-8-10-21(11-9-19)38-17(3)25(32)31-29-15-20-14-22(35-5)12-13-23(20)36-6/h8-15,17H,7H2,1-6H3,(H,30,33)(H,31,32)/b29-15+. The van der Waals surface area contributed by atoms with E-state index in [1.54, 1.807) is 63.4 Å². The van der Waals surface area contributed by atoms with E-state index >= 15 is 0 Å². The van der Waals surface area contributed by atoms with Gasteiger partial charge in [0.2, 0.25) is 0 Å². The summed E-state index contributed by atoms with van der Waals surface area (Å²) in [6.45, 7) is 7.24. The van der Waals surface area contributed by atoms with Gasteiger partial charge in [0, 0.05) is 16.0 Å². The van der Waals surface area contributed by atoms with E-state index in [4.69, 9.17) is 18.9 Å². The highest BCUT2D eigenvalue weighted by molar-refractivity contribution is 7.16. The largest absolute Gasteiger partial charge is 0.497 e. The lowest BCUT2D eigenvalue weighted by Crippen LogP contribution is -2.33. The average Bonchev–Trinajstić information content (AvgIpc) is 3.21. The van der Waals surface area contributed by atoms with Gasteiger partial charge in [0.05, 0.1) is 32.6 Å². The van der Waals surface area contributed by atoms with Crippen LogP contribution in [0.4, 0.5) is 5.00 Å². The smallest absolute Gasteiger partial charge is 0.341 e. The highest BCUT2D eigenvalue weighted by Crippen LogP contribution is 2.33. The summed E-state index contributed by atoms with van der Waals surface area (Å²) in [6, 6.07) is 11.5. The molecule has 206 valence electrons. The van der Waals surface area contributed by atoms with E-state index in [1.807, 2.05) is 13.8 Å². The number of carbonyl (C=O) groups is 3. The molecule has 0 radical (unpaired) electrons. The van der Waals surface area contributed by atoms with Crippen LogP contribution in [0.15, 0.2) is 47.6 Å². The molecule has 1 aromatic heterocycles. The van der Waals surface area contributed by atoms with Crippen molar-refractivity contribution >= 4 is 40.3 Å². The van der Waals surface area contributed by atoms with E-state index in [9.17, 15) is 14.4 Å². The van der Waals surface area contributed by atoms with Gasteiger partial charge in [-0.15, -0.1) is 11.3 Å². The Balaban J connectivity index is 1.60. The first-order valence-electron chi connectivity index (χ1n) is 12.1. The molecule has 1 unspecified atom stereocenters. The maximum absolute atomic E-state index is 12.8. The molecule has 2 amide bonds. The Hall–Kier alpha value is -4.38. The van der Waals surface area contributed by atoms with Crippen LogP contribution in [0.2, 0.25) is 0 Å². The SMILES string of the molecule is CCOC(=O)c1c(NC(=O)c2ccc(OC(C)C(=O)N/N=C/c3cc(OC)ccc3OC)cc2)sc(C)c1C. The minimum absolute atomic E-state index is 0.238. The van der Waals surface area contributed by atoms with Crippen molar-refractivity contribution in [3.63, 3.8) is 0 Å². The lowest BCUT2D eigenvalue weighted by molar-refractivity contribution is -0.127. The number of hydrazone groups is 1. The van der Waals surface area contributed by atoms with Crippen LogP contribution in [0.5, 0.6) is 17.2 Å². The Morgan fingerprint density at radius 3 is 2.36 bits per heavy atom. The van der Waals surface area contributed by atoms with E-state index < -0.39 is 18.0 Å². The molecule has 0 aliphatic heterocycles. The summed E-state index contributed by atoms with van der Waals surface area (Å²) in [5.74, 6) is 0.257. The third-order valence-electron chi connectivity index (χ3n) is 5.71. The number of methoxy groups -OCH3 is 2. The van der Waals surface area contributed by atoms with E-state index in [0.717, 1.165) is 10.4 Å². The monoisotopic (exact) mass is 553 g/mol. The molecule has 0 bridgehead atoms. The molecule has 11 heteroatoms. The van der Waals surface area contributed by atoms with E-state index in [-0.39, 0.29) is 12.5 Å². The summed E-state index contributed by atoms with van der Waals surface area (Å²) >= 11 is 1.32. The summed E-state index contributed by atoms with van der Waals surface area (Å²) in [5, 5.41) is 7.22. The summed E-state index contributed by atoms with van der Waals surface area (Å²) in [4.78, 5) is 38.6. The minimum atomic E-state index is -0.863. The summed E-state index contributed by atoms with van der Waals surface area (Å²) in [7, 11) is 3.09. The average molecular weight is 554 g/mol. The Kier molecular flexibility index (Phi) is 10.0. The van der Waals surface area contributed by atoms with Crippen LogP contribution in [0.1, 0.15) is 50.6 Å². The van der Waals surface area contributed by atoms with Crippen molar-refractivity contribution in [3.05, 3.63) is 69.6 Å². The molecular formula is C28H31N3O7S. The summed E-state index contributed by atoms with van der Waals surface area (Å²) in [5.41, 5.74) is 4.55. The summed E-state index contributed by atoms with van der Waals surface area (Å²) < 4.78 is 21.3. The van der Waals surface area contributed by atoms with Gasteiger partial charge < -0.3 is 24.3 Å². The van der Waals surface area contributed by atoms with Crippen molar-refractivity contribution < 1.29 is 33.3 Å². The van der Waals surface area contributed by atoms with E-state index in [1.165, 1.54) is 24.7 Å². The number of carbonyl (C=O) groups excluding carboxylic acids is 3. The highest BCUT2D eigenvalue weighted by Gasteiger charge is 2.22. The fourth-order valence-corrected chi connectivity index (χ4v) is 4.52. The predicted molar refractivity (Wildman–Crippen MR) is 150 cm³/mol. The molecule has 1 atom stereocenters. The topological polar surface area (TPSA) is 125 Å². The second-order valence-corrected chi connectivity index (χ2v) is 9.51. The van der Waals surface area contributed by atoms with Gasteiger partial charge >= 0.3 is 5.97 Å². The molecule has 0 fully saturated rings. The van der Waals surface area contributed by atoms with Crippen molar-refractivity contribution in [2.45, 2.75) is 33.8 Å². The maximum Gasteiger partial charge on any atom is 0.341 e. The van der Waals surface area contributed by atoms with Gasteiger partial charge in [0.15, 0.2) is 6.10 Å². The molecule has 2 aromatic carbocycles. The number of benzene rings is 2. The van der Waals surface area contributed by atoms with E-state index in [0.29, 0.717) is 38.9 Å². The molecular weight excluding hydrogens is 522 g/mol. The molecule has 39 heavy (non-hydrogen) atoms. The molecule has 0 spiro atoms. The number of nitrogens with zero attached hydrogens (tertiary/aromatic N) is 1. The van der Waals surface area contributed by atoms with E-state index in [2.05, 4.69) is 15.8 Å². The molecule has 1 heterocycles. The lowest BCUT2D eigenvalue weighted by atomic mass is 10.1. The number of hydrogen-bond acceptors (Lipinski definition) is 9. The fourth-order valence-electron chi connectivity index (χ4n) is 3.48. The number of thiophene rings is 1. The number of rotatable bonds is 11. The summed E-state index contributed by atoms with van der Waals surface area (Å²) in [6.07, 6.45) is 0.585. The number of amides is 2. The Bertz CT molecular complexity index is 1370. The molecule has 3 rings (SSSR count). The van der Waals surface area contributed by atoms with Gasteiger partial charge in [-0.3, -0.25) is 9.59 Å². The first kappa shape index (κ1) is 29.2. The van der Waals surface area contributed by atoms with Gasteiger partial charge in [-0.1, -0.05) is 0 Å². The quantitative estimate of drug-likeness (QED) is 0.200. The number of hydrogen-bond donors (Lipinski definition) is 2. The molecule has 0 saturated carbocycles. The van der Waals surface area contributed by atoms with Crippen LogP contribution in [0.25, 0.3) is 0 Å². The zero-order valence-corrected chi connectivity index (χ0v) is 23.4. The molecule has 0 saturated heterocycles. The third-order valence-corrected chi connectivity index (χ3v) is 6.83. The van der Waals surface area contributed by atoms with Crippen molar-refractivity contribution in [1.29, 1.82) is 0 Å². The van der Waals surface area contributed by atoms with Crippen LogP contribution >= 0.6 is 11.3 Å². The number of ether oxygens (including phenoxy) is 4. The van der Waals surface area contributed by atoms with Crippen molar-refractivity contribution in [3.8, 4) is 17.2 Å². The van der Waals surface area contributed by atoms with Gasteiger partial charge in [0.1, 0.15) is 22.2 Å². The second-order valence-electron chi connectivity index (χ2n) is 8.29. The van der Waals surface area contributed by atoms with Crippen molar-refractivity contribution in [1.82, 2.24) is 5.43 Å². The van der Waals surface area contributed by atoms with Crippen LogP contribution in [0.3, 0.4) is 0 Å². The van der Waals surface area contributed by atoms with Gasteiger partial charge in [-0.05, 0) is 75.7 Å². The van der Waals surface area contributed by atoms with Crippen LogP contribution in [-0.2, 0) is 9.53 Å². The number of nitrogens with one attached hydrogen (secondary N) is 2. The van der Waals surface area contributed by atoms with Gasteiger partial charge in [0.25, 0.3) is 11.8 Å². The minimum Gasteiger partial charge on any atom is -0.497 e. The predicted octanol–water partition coefficient (Wildman–Crippen LogP) is 4.73. The van der Waals surface area contributed by atoms with Gasteiger partial charge in [-0.2, -0.15) is 5.10 Å². The van der Waals surface area contributed by atoms with Crippen molar-refractivity contribution in [2.24, 2.45) is 5.10 Å². The maximum atomic E-state index is 12.8. The zero-order valence-electron chi connectivity index (χ0n) is 22.6. The molecule has 2 N–H and O–H groups in total. The van der Waals surface area contributed by atoms with Gasteiger partial charge in [-0.25, -0.2) is 10.2 Å².